The molecule has 0 unspecified atom stereocenters. The van der Waals surface area contributed by atoms with Gasteiger partial charge in [0.25, 0.3) is 4.99 Å². The van der Waals surface area contributed by atoms with Crippen molar-refractivity contribution < 1.29 is 4.05 Å². The molecule has 1 N–H and O–H groups in total. The standard InChI is InChI=1S/C5H9N2S2/c8-5-3-1-2-4-6-7(5)9/h1-4H2,(H,6,9)/q+1. The molecule has 0 bridgehead atoms. The second-order valence-electron chi connectivity index (χ2n) is 2.05. The lowest BCUT2D eigenvalue weighted by Gasteiger charge is -1.90. The van der Waals surface area contributed by atoms with E-state index in [1.807, 2.05) is 0 Å². The fraction of sp³-hybridized carbons (Fsp3) is 0.800. The minimum Gasteiger partial charge on any atom is -0.178 e. The van der Waals surface area contributed by atoms with Crippen LogP contribution in [0.5, 0.6) is 0 Å². The van der Waals surface area contributed by atoms with Crippen molar-refractivity contribution in [3.05, 3.63) is 0 Å². The highest BCUT2D eigenvalue weighted by Crippen LogP contribution is 2.00. The Morgan fingerprint density at radius 2 is 2.22 bits per heavy atom. The van der Waals surface area contributed by atoms with Gasteiger partial charge in [-0.2, -0.15) is 5.43 Å². The molecule has 0 radical (unpaired) electrons. The second kappa shape index (κ2) is 3.17. The van der Waals surface area contributed by atoms with E-state index in [-0.39, 0.29) is 0 Å². The van der Waals surface area contributed by atoms with Crippen molar-refractivity contribution in [2.24, 2.45) is 0 Å². The lowest BCUT2D eigenvalue weighted by Crippen LogP contribution is -2.28. The molecule has 2 nitrogen and oxygen atoms in total. The maximum Gasteiger partial charge on any atom is 0.305 e. The van der Waals surface area contributed by atoms with Gasteiger partial charge in [0.05, 0.1) is 6.54 Å². The van der Waals surface area contributed by atoms with E-state index >= 15 is 0 Å². The summed E-state index contributed by atoms with van der Waals surface area (Å²) in [6, 6.07) is 0. The topological polar surface area (TPSA) is 15.0 Å². The third-order valence-corrected chi connectivity index (χ3v) is 2.15. The summed E-state index contributed by atoms with van der Waals surface area (Å²) in [7, 11) is 0. The van der Waals surface area contributed by atoms with Crippen LogP contribution in [-0.2, 0) is 12.4 Å². The summed E-state index contributed by atoms with van der Waals surface area (Å²) in [6.45, 7) is 0.962. The van der Waals surface area contributed by atoms with Crippen LogP contribution >= 0.6 is 12.2 Å². The third-order valence-electron chi connectivity index (χ3n) is 1.30. The zero-order chi connectivity index (χ0) is 6.69. The summed E-state index contributed by atoms with van der Waals surface area (Å²) in [6.07, 6.45) is 3.30. The van der Waals surface area contributed by atoms with Gasteiger partial charge in [-0.25, -0.2) is 0 Å². The molecule has 0 atom stereocenters. The lowest BCUT2D eigenvalue weighted by molar-refractivity contribution is -0.443. The SMILES string of the molecule is S=C1CCCCN[N+]1=S. The summed E-state index contributed by atoms with van der Waals surface area (Å²) >= 11 is 9.85. The molecular weight excluding hydrogens is 152 g/mol. The summed E-state index contributed by atoms with van der Waals surface area (Å²) in [5.74, 6) is 0. The van der Waals surface area contributed by atoms with E-state index in [4.69, 9.17) is 24.6 Å². The monoisotopic (exact) mass is 161 g/mol. The van der Waals surface area contributed by atoms with Gasteiger partial charge in [0.15, 0.2) is 0 Å². The summed E-state index contributed by atoms with van der Waals surface area (Å²) in [5, 5.41) is 0. The van der Waals surface area contributed by atoms with Crippen LogP contribution in [0, 0.1) is 0 Å². The van der Waals surface area contributed by atoms with Gasteiger partial charge >= 0.3 is 12.4 Å². The van der Waals surface area contributed by atoms with E-state index in [0.717, 1.165) is 18.0 Å². The summed E-state index contributed by atoms with van der Waals surface area (Å²) in [4.78, 5) is 0.850. The van der Waals surface area contributed by atoms with Gasteiger partial charge in [0.2, 0.25) is 0 Å². The van der Waals surface area contributed by atoms with Crippen molar-refractivity contribution >= 4 is 29.6 Å². The summed E-state index contributed by atoms with van der Waals surface area (Å²) in [5.41, 5.74) is 3.00. The van der Waals surface area contributed by atoms with Crippen molar-refractivity contribution in [3.63, 3.8) is 0 Å². The molecule has 0 aromatic heterocycles. The maximum atomic E-state index is 4.97. The molecule has 9 heavy (non-hydrogen) atoms. The average molecular weight is 161 g/mol. The van der Waals surface area contributed by atoms with E-state index in [9.17, 15) is 0 Å². The molecule has 1 aliphatic rings. The van der Waals surface area contributed by atoms with Crippen LogP contribution in [0.25, 0.3) is 0 Å². The molecule has 0 amide bonds. The highest BCUT2D eigenvalue weighted by atomic mass is 32.1. The Morgan fingerprint density at radius 1 is 1.44 bits per heavy atom. The number of nitrogens with one attached hydrogen (secondary N) is 1. The van der Waals surface area contributed by atoms with E-state index in [1.165, 1.54) is 16.9 Å². The van der Waals surface area contributed by atoms with Crippen LogP contribution in [0.4, 0.5) is 0 Å². The quantitative estimate of drug-likeness (QED) is 0.417. The Hall–Kier alpha value is -0.0900. The fourth-order valence-corrected chi connectivity index (χ4v) is 1.16. The van der Waals surface area contributed by atoms with Crippen molar-refractivity contribution in [2.45, 2.75) is 19.3 Å². The molecule has 1 fully saturated rings. The van der Waals surface area contributed by atoms with E-state index < -0.39 is 0 Å². The maximum absolute atomic E-state index is 4.97. The Kier molecular flexibility index (Phi) is 2.48. The number of thiocarbonyl (C=S) groups is 1. The Bertz CT molecular complexity index is 128. The fourth-order valence-electron chi connectivity index (χ4n) is 0.772. The van der Waals surface area contributed by atoms with Gasteiger partial charge in [0, 0.05) is 10.5 Å². The molecule has 0 aliphatic carbocycles. The third kappa shape index (κ3) is 1.95. The van der Waals surface area contributed by atoms with Crippen molar-refractivity contribution in [1.82, 2.24) is 5.43 Å². The molecule has 1 saturated heterocycles. The second-order valence-corrected chi connectivity index (χ2v) is 2.89. The van der Waals surface area contributed by atoms with Crippen molar-refractivity contribution in [3.8, 4) is 0 Å². The molecule has 0 aromatic carbocycles. The van der Waals surface area contributed by atoms with Crippen molar-refractivity contribution in [1.29, 1.82) is 0 Å². The first-order valence-electron chi connectivity index (χ1n) is 3.04. The minimum atomic E-state index is 0.850. The highest BCUT2D eigenvalue weighted by molar-refractivity contribution is 7.80. The average Bonchev–Trinajstić information content (AvgIpc) is 1.99. The lowest BCUT2D eigenvalue weighted by atomic mass is 10.2. The normalized spacial score (nSPS) is 20.9. The zero-order valence-electron chi connectivity index (χ0n) is 5.09. The highest BCUT2D eigenvalue weighted by Gasteiger charge is 2.15. The van der Waals surface area contributed by atoms with Crippen LogP contribution in [0.3, 0.4) is 0 Å². The summed E-state index contributed by atoms with van der Waals surface area (Å²) < 4.78 is 1.53. The predicted molar refractivity (Wildman–Crippen MR) is 42.1 cm³/mol. The van der Waals surface area contributed by atoms with E-state index in [1.54, 1.807) is 0 Å². The van der Waals surface area contributed by atoms with Gasteiger partial charge in [-0.1, -0.05) is 0 Å². The van der Waals surface area contributed by atoms with Gasteiger partial charge in [-0.05, 0) is 25.1 Å². The number of hydrogen-bond donors (Lipinski definition) is 1. The van der Waals surface area contributed by atoms with Gasteiger partial charge in [-0.15, -0.1) is 0 Å². The largest absolute Gasteiger partial charge is 0.305 e. The van der Waals surface area contributed by atoms with E-state index in [2.05, 4.69) is 5.43 Å². The molecule has 4 heteroatoms. The molecule has 0 saturated carbocycles. The molecule has 50 valence electrons. The number of hydrogen-bond acceptors (Lipinski definition) is 2. The predicted octanol–water partition coefficient (Wildman–Crippen LogP) is 0.745. The van der Waals surface area contributed by atoms with Crippen LogP contribution in [0.15, 0.2) is 0 Å². The van der Waals surface area contributed by atoms with Crippen LogP contribution < -0.4 is 5.43 Å². The van der Waals surface area contributed by atoms with Crippen LogP contribution in [0.1, 0.15) is 19.3 Å². The first-order valence-corrected chi connectivity index (χ1v) is 3.81. The Labute approximate surface area is 65.4 Å². The molecule has 0 spiro atoms. The van der Waals surface area contributed by atoms with Gasteiger partial charge in [0.1, 0.15) is 0 Å². The molecular formula is C5H9N2S2+. The first kappa shape index (κ1) is 7.02. The molecule has 1 aliphatic heterocycles. The molecule has 1 rings (SSSR count). The van der Waals surface area contributed by atoms with Gasteiger partial charge in [-0.3, -0.25) is 0 Å². The Morgan fingerprint density at radius 3 is 3.00 bits per heavy atom. The van der Waals surface area contributed by atoms with E-state index in [0.29, 0.717) is 0 Å². The number of rotatable bonds is 0. The van der Waals surface area contributed by atoms with Crippen molar-refractivity contribution in [2.75, 3.05) is 6.54 Å². The zero-order valence-corrected chi connectivity index (χ0v) is 6.73. The smallest absolute Gasteiger partial charge is 0.178 e. The first-order chi connectivity index (χ1) is 4.30. The number of nitrogens with zero attached hydrogens (tertiary/aromatic N) is 1. The van der Waals surface area contributed by atoms with Gasteiger partial charge < -0.3 is 0 Å². The van der Waals surface area contributed by atoms with Crippen LogP contribution in [0.2, 0.25) is 0 Å². The number of hydrazine groups is 1. The minimum absolute atomic E-state index is 0.850. The molecule has 0 aromatic rings. The van der Waals surface area contributed by atoms with Crippen LogP contribution in [-0.4, -0.2) is 15.6 Å². The molecule has 1 heterocycles. The Balaban J connectivity index is 2.51.